The van der Waals surface area contributed by atoms with Gasteiger partial charge in [-0.25, -0.2) is 0 Å². The highest BCUT2D eigenvalue weighted by atomic mass is 16.5. The van der Waals surface area contributed by atoms with Crippen molar-refractivity contribution in [1.29, 1.82) is 0 Å². The third-order valence-electron chi connectivity index (χ3n) is 3.40. The molecule has 0 bridgehead atoms. The van der Waals surface area contributed by atoms with E-state index in [0.29, 0.717) is 5.92 Å². The highest BCUT2D eigenvalue weighted by Gasteiger charge is 2.19. The van der Waals surface area contributed by atoms with Crippen molar-refractivity contribution in [1.82, 2.24) is 5.32 Å². The van der Waals surface area contributed by atoms with Crippen molar-refractivity contribution in [3.8, 4) is 0 Å². The van der Waals surface area contributed by atoms with Crippen LogP contribution in [0.3, 0.4) is 0 Å². The predicted octanol–water partition coefficient (Wildman–Crippen LogP) is 2.58. The summed E-state index contributed by atoms with van der Waals surface area (Å²) in [4.78, 5) is 0. The Labute approximate surface area is 107 Å². The van der Waals surface area contributed by atoms with Crippen LogP contribution in [0.5, 0.6) is 0 Å². The number of aliphatic hydroxyl groups excluding tert-OH is 1. The van der Waals surface area contributed by atoms with Gasteiger partial charge < -0.3 is 15.2 Å². The Morgan fingerprint density at radius 3 is 2.59 bits per heavy atom. The maximum Gasteiger partial charge on any atom is 0.0610 e. The Morgan fingerprint density at radius 2 is 2.06 bits per heavy atom. The molecule has 2 N–H and O–H groups in total. The maximum atomic E-state index is 9.23. The smallest absolute Gasteiger partial charge is 0.0610 e. The summed E-state index contributed by atoms with van der Waals surface area (Å²) in [7, 11) is 1.90. The molecule has 0 aromatic heterocycles. The van der Waals surface area contributed by atoms with Gasteiger partial charge in [0, 0.05) is 18.8 Å². The molecule has 0 aliphatic carbocycles. The van der Waals surface area contributed by atoms with Gasteiger partial charge in [0.15, 0.2) is 0 Å². The molecule has 2 atom stereocenters. The molecule has 17 heavy (non-hydrogen) atoms. The summed E-state index contributed by atoms with van der Waals surface area (Å²) in [5, 5.41) is 12.4. The van der Waals surface area contributed by atoms with Gasteiger partial charge >= 0.3 is 0 Å². The van der Waals surface area contributed by atoms with E-state index >= 15 is 0 Å². The first kappa shape index (κ1) is 16.9. The standard InChI is InChI=1S/C14H31NO2/c1-5-8-13(2)11-17-10-7-6-9-14(3,12-16)15-4/h13,15-16H,5-12H2,1-4H3. The number of hydrogen-bond donors (Lipinski definition) is 2. The van der Waals surface area contributed by atoms with Crippen molar-refractivity contribution < 1.29 is 9.84 Å². The molecule has 3 heteroatoms. The van der Waals surface area contributed by atoms with Crippen molar-refractivity contribution in [2.24, 2.45) is 5.92 Å². The normalized spacial score (nSPS) is 16.8. The number of nitrogens with one attached hydrogen (secondary N) is 1. The molecule has 0 rings (SSSR count). The van der Waals surface area contributed by atoms with E-state index in [2.05, 4.69) is 26.1 Å². The van der Waals surface area contributed by atoms with Gasteiger partial charge in [0.1, 0.15) is 0 Å². The molecule has 0 aliphatic heterocycles. The second kappa shape index (κ2) is 9.86. The summed E-state index contributed by atoms with van der Waals surface area (Å²) in [6.45, 7) is 8.43. The Hall–Kier alpha value is -0.120. The van der Waals surface area contributed by atoms with E-state index in [4.69, 9.17) is 4.74 Å². The second-order valence-electron chi connectivity index (χ2n) is 5.39. The van der Waals surface area contributed by atoms with Crippen LogP contribution >= 0.6 is 0 Å². The summed E-state index contributed by atoms with van der Waals surface area (Å²) in [5.74, 6) is 0.681. The molecule has 0 radical (unpaired) electrons. The fourth-order valence-electron chi connectivity index (χ4n) is 1.86. The van der Waals surface area contributed by atoms with Crippen LogP contribution < -0.4 is 5.32 Å². The van der Waals surface area contributed by atoms with Gasteiger partial charge in [-0.05, 0) is 45.6 Å². The molecule has 0 aromatic carbocycles. The third kappa shape index (κ3) is 8.58. The van der Waals surface area contributed by atoms with E-state index in [0.717, 1.165) is 32.5 Å². The maximum absolute atomic E-state index is 9.23. The molecule has 0 fully saturated rings. The summed E-state index contributed by atoms with van der Waals surface area (Å²) >= 11 is 0. The first-order chi connectivity index (χ1) is 8.08. The SMILES string of the molecule is CCCC(C)COCCCCC(C)(CO)NC. The number of ether oxygens (including phenoxy) is 1. The zero-order valence-corrected chi connectivity index (χ0v) is 12.1. The highest BCUT2D eigenvalue weighted by molar-refractivity contribution is 4.79. The molecular formula is C14H31NO2. The Kier molecular flexibility index (Phi) is 9.79. The lowest BCUT2D eigenvalue weighted by atomic mass is 9.96. The van der Waals surface area contributed by atoms with Crippen molar-refractivity contribution >= 4 is 0 Å². The van der Waals surface area contributed by atoms with E-state index < -0.39 is 0 Å². The van der Waals surface area contributed by atoms with Crippen molar-refractivity contribution in [3.05, 3.63) is 0 Å². The van der Waals surface area contributed by atoms with Crippen LogP contribution in [0.15, 0.2) is 0 Å². The minimum atomic E-state index is -0.129. The zero-order valence-electron chi connectivity index (χ0n) is 12.1. The topological polar surface area (TPSA) is 41.5 Å². The van der Waals surface area contributed by atoms with Gasteiger partial charge in [0.05, 0.1) is 6.61 Å². The van der Waals surface area contributed by atoms with Gasteiger partial charge in [-0.3, -0.25) is 0 Å². The average molecular weight is 245 g/mol. The molecule has 0 heterocycles. The molecular weight excluding hydrogens is 214 g/mol. The molecule has 0 saturated carbocycles. The number of unbranched alkanes of at least 4 members (excludes halogenated alkanes) is 1. The molecule has 104 valence electrons. The molecule has 0 spiro atoms. The first-order valence-corrected chi connectivity index (χ1v) is 6.95. The molecule has 3 nitrogen and oxygen atoms in total. The van der Waals surface area contributed by atoms with Crippen LogP contribution in [-0.4, -0.2) is 37.5 Å². The Balaban J connectivity index is 3.40. The summed E-state index contributed by atoms with van der Waals surface area (Å²) in [6, 6.07) is 0. The van der Waals surface area contributed by atoms with E-state index in [1.807, 2.05) is 7.05 Å². The monoisotopic (exact) mass is 245 g/mol. The van der Waals surface area contributed by atoms with Crippen LogP contribution in [-0.2, 0) is 4.74 Å². The number of likely N-dealkylation sites (N-methyl/N-ethyl adjacent to an activating group) is 1. The number of rotatable bonds is 11. The Bertz CT molecular complexity index is 170. The minimum Gasteiger partial charge on any atom is -0.394 e. The van der Waals surface area contributed by atoms with Gasteiger partial charge in [-0.2, -0.15) is 0 Å². The third-order valence-corrected chi connectivity index (χ3v) is 3.40. The van der Waals surface area contributed by atoms with Crippen LogP contribution in [0, 0.1) is 5.92 Å². The lowest BCUT2D eigenvalue weighted by molar-refractivity contribution is 0.0949. The Morgan fingerprint density at radius 1 is 1.35 bits per heavy atom. The van der Waals surface area contributed by atoms with E-state index in [1.165, 1.54) is 12.8 Å². The predicted molar refractivity (Wildman–Crippen MR) is 73.3 cm³/mol. The van der Waals surface area contributed by atoms with E-state index in [9.17, 15) is 5.11 Å². The van der Waals surface area contributed by atoms with Crippen LogP contribution in [0.2, 0.25) is 0 Å². The molecule has 0 saturated heterocycles. The lowest BCUT2D eigenvalue weighted by Crippen LogP contribution is -2.43. The van der Waals surface area contributed by atoms with Crippen molar-refractivity contribution in [2.75, 3.05) is 26.9 Å². The summed E-state index contributed by atoms with van der Waals surface area (Å²) in [5.41, 5.74) is -0.129. The molecule has 2 unspecified atom stereocenters. The number of hydrogen-bond acceptors (Lipinski definition) is 3. The summed E-state index contributed by atoms with van der Waals surface area (Å²) in [6.07, 6.45) is 5.66. The number of aliphatic hydroxyl groups is 1. The molecule has 0 aromatic rings. The van der Waals surface area contributed by atoms with Crippen LogP contribution in [0.1, 0.15) is 52.9 Å². The van der Waals surface area contributed by atoms with Crippen LogP contribution in [0.4, 0.5) is 0 Å². The first-order valence-electron chi connectivity index (χ1n) is 6.95. The van der Waals surface area contributed by atoms with Crippen LogP contribution in [0.25, 0.3) is 0 Å². The fraction of sp³-hybridized carbons (Fsp3) is 1.00. The lowest BCUT2D eigenvalue weighted by Gasteiger charge is -2.26. The molecule has 0 aliphatic rings. The van der Waals surface area contributed by atoms with Gasteiger partial charge in [-0.1, -0.05) is 20.3 Å². The van der Waals surface area contributed by atoms with E-state index in [-0.39, 0.29) is 12.1 Å². The highest BCUT2D eigenvalue weighted by Crippen LogP contribution is 2.12. The van der Waals surface area contributed by atoms with Gasteiger partial charge in [-0.15, -0.1) is 0 Å². The van der Waals surface area contributed by atoms with Gasteiger partial charge in [0.25, 0.3) is 0 Å². The zero-order chi connectivity index (χ0) is 13.1. The van der Waals surface area contributed by atoms with Crippen molar-refractivity contribution in [2.45, 2.75) is 58.4 Å². The summed E-state index contributed by atoms with van der Waals surface area (Å²) < 4.78 is 5.65. The molecule has 0 amide bonds. The van der Waals surface area contributed by atoms with E-state index in [1.54, 1.807) is 0 Å². The quantitative estimate of drug-likeness (QED) is 0.550. The van der Waals surface area contributed by atoms with Crippen molar-refractivity contribution in [3.63, 3.8) is 0 Å². The van der Waals surface area contributed by atoms with Gasteiger partial charge in [0.2, 0.25) is 0 Å². The second-order valence-corrected chi connectivity index (χ2v) is 5.39. The fourth-order valence-corrected chi connectivity index (χ4v) is 1.86. The largest absolute Gasteiger partial charge is 0.394 e. The minimum absolute atomic E-state index is 0.129. The average Bonchev–Trinajstić information content (AvgIpc) is 2.33.